The minimum absolute atomic E-state index is 0.153. The maximum Gasteiger partial charge on any atom is 0.225 e. The van der Waals surface area contributed by atoms with Crippen LogP contribution in [0, 0.1) is 5.92 Å². The molecule has 18 heavy (non-hydrogen) atoms. The van der Waals surface area contributed by atoms with E-state index in [2.05, 4.69) is 12.1 Å². The molecule has 0 saturated heterocycles. The van der Waals surface area contributed by atoms with Crippen molar-refractivity contribution in [2.45, 2.75) is 31.7 Å². The van der Waals surface area contributed by atoms with Crippen molar-refractivity contribution in [3.05, 3.63) is 35.9 Å². The van der Waals surface area contributed by atoms with Crippen LogP contribution < -0.4 is 5.73 Å². The highest BCUT2D eigenvalue weighted by Crippen LogP contribution is 2.25. The Kier molecular flexibility index (Phi) is 4.37. The molecule has 1 amide bonds. The van der Waals surface area contributed by atoms with Gasteiger partial charge in [-0.05, 0) is 31.2 Å². The molecule has 0 bridgehead atoms. The van der Waals surface area contributed by atoms with Gasteiger partial charge >= 0.3 is 0 Å². The Bertz CT molecular complexity index is 391. The van der Waals surface area contributed by atoms with Crippen LogP contribution in [0.1, 0.15) is 24.8 Å². The van der Waals surface area contributed by atoms with Crippen LogP contribution >= 0.6 is 0 Å². The number of carbonyl (C=O) groups is 1. The lowest BCUT2D eigenvalue weighted by Crippen LogP contribution is -2.34. The fourth-order valence-electron chi connectivity index (χ4n) is 2.60. The standard InChI is InChI=1S/C15H22N2O/c1-17(10-9-12-5-3-2-4-6-12)15(18)13-7-8-14(16)11-13/h2-6,13-14H,7-11,16H2,1H3/t13-,14-/m1/s1. The van der Waals surface area contributed by atoms with E-state index in [-0.39, 0.29) is 17.9 Å². The summed E-state index contributed by atoms with van der Waals surface area (Å²) in [6.07, 6.45) is 3.72. The van der Waals surface area contributed by atoms with Crippen molar-refractivity contribution < 1.29 is 4.79 Å². The van der Waals surface area contributed by atoms with Crippen molar-refractivity contribution in [3.8, 4) is 0 Å². The molecule has 2 rings (SSSR count). The highest BCUT2D eigenvalue weighted by molar-refractivity contribution is 5.79. The summed E-state index contributed by atoms with van der Waals surface area (Å²) in [5, 5.41) is 0. The van der Waals surface area contributed by atoms with E-state index in [9.17, 15) is 4.79 Å². The highest BCUT2D eigenvalue weighted by Gasteiger charge is 2.29. The first kappa shape index (κ1) is 13.1. The van der Waals surface area contributed by atoms with E-state index in [4.69, 9.17) is 5.73 Å². The number of carbonyl (C=O) groups excluding carboxylic acids is 1. The monoisotopic (exact) mass is 246 g/mol. The number of nitrogens with zero attached hydrogens (tertiary/aromatic N) is 1. The molecule has 1 saturated carbocycles. The zero-order chi connectivity index (χ0) is 13.0. The molecule has 1 aliphatic carbocycles. The average Bonchev–Trinajstić information content (AvgIpc) is 2.83. The van der Waals surface area contributed by atoms with Crippen molar-refractivity contribution in [1.29, 1.82) is 0 Å². The van der Waals surface area contributed by atoms with Gasteiger partial charge in [-0.2, -0.15) is 0 Å². The molecule has 1 aliphatic rings. The topological polar surface area (TPSA) is 46.3 Å². The smallest absolute Gasteiger partial charge is 0.225 e. The Morgan fingerprint density at radius 1 is 1.33 bits per heavy atom. The van der Waals surface area contributed by atoms with Crippen LogP contribution in [0.5, 0.6) is 0 Å². The Balaban J connectivity index is 1.81. The summed E-state index contributed by atoms with van der Waals surface area (Å²) < 4.78 is 0. The van der Waals surface area contributed by atoms with Gasteiger partial charge in [0.05, 0.1) is 0 Å². The van der Waals surface area contributed by atoms with Crippen LogP contribution in [-0.2, 0) is 11.2 Å². The van der Waals surface area contributed by atoms with Crippen LogP contribution in [0.4, 0.5) is 0 Å². The summed E-state index contributed by atoms with van der Waals surface area (Å²) in [7, 11) is 1.90. The van der Waals surface area contributed by atoms with Crippen molar-refractivity contribution in [1.82, 2.24) is 4.90 Å². The number of benzene rings is 1. The molecule has 0 aliphatic heterocycles. The normalized spacial score (nSPS) is 23.0. The van der Waals surface area contributed by atoms with Crippen LogP contribution in [0.15, 0.2) is 30.3 Å². The van der Waals surface area contributed by atoms with Crippen molar-refractivity contribution in [2.24, 2.45) is 11.7 Å². The third kappa shape index (κ3) is 3.33. The number of nitrogens with two attached hydrogens (primary N) is 1. The summed E-state index contributed by atoms with van der Waals surface area (Å²) in [5.41, 5.74) is 7.14. The molecule has 3 nitrogen and oxygen atoms in total. The second-order valence-electron chi connectivity index (χ2n) is 5.27. The molecular formula is C15H22N2O. The van der Waals surface area contributed by atoms with E-state index < -0.39 is 0 Å². The van der Waals surface area contributed by atoms with Crippen LogP contribution in [-0.4, -0.2) is 30.4 Å². The van der Waals surface area contributed by atoms with Crippen LogP contribution in [0.3, 0.4) is 0 Å². The SMILES string of the molecule is CN(CCc1ccccc1)C(=O)[C@@H]1CC[C@@H](N)C1. The van der Waals surface area contributed by atoms with E-state index in [1.165, 1.54) is 5.56 Å². The van der Waals surface area contributed by atoms with Crippen molar-refractivity contribution in [2.75, 3.05) is 13.6 Å². The van der Waals surface area contributed by atoms with E-state index in [0.717, 1.165) is 32.2 Å². The molecule has 0 aromatic heterocycles. The van der Waals surface area contributed by atoms with Gasteiger partial charge < -0.3 is 10.6 Å². The van der Waals surface area contributed by atoms with Gasteiger partial charge in [0.15, 0.2) is 0 Å². The number of hydrogen-bond acceptors (Lipinski definition) is 2. The molecule has 98 valence electrons. The maximum atomic E-state index is 12.2. The van der Waals surface area contributed by atoms with Gasteiger partial charge in [-0.15, -0.1) is 0 Å². The van der Waals surface area contributed by atoms with E-state index in [0.29, 0.717) is 0 Å². The highest BCUT2D eigenvalue weighted by atomic mass is 16.2. The molecule has 0 radical (unpaired) electrons. The summed E-state index contributed by atoms with van der Waals surface area (Å²) in [4.78, 5) is 14.0. The van der Waals surface area contributed by atoms with E-state index >= 15 is 0 Å². The first-order chi connectivity index (χ1) is 8.66. The first-order valence-electron chi connectivity index (χ1n) is 6.71. The van der Waals surface area contributed by atoms with Gasteiger partial charge in [-0.3, -0.25) is 4.79 Å². The molecule has 1 aromatic carbocycles. The summed E-state index contributed by atoms with van der Waals surface area (Å²) in [5.74, 6) is 0.416. The predicted molar refractivity (Wildman–Crippen MR) is 73.1 cm³/mol. The second kappa shape index (κ2) is 6.01. The maximum absolute atomic E-state index is 12.2. The van der Waals surface area contributed by atoms with Gasteiger partial charge in [-0.1, -0.05) is 30.3 Å². The fraction of sp³-hybridized carbons (Fsp3) is 0.533. The van der Waals surface area contributed by atoms with Crippen LogP contribution in [0.25, 0.3) is 0 Å². The molecule has 2 atom stereocenters. The minimum atomic E-state index is 0.153. The predicted octanol–water partition coefficient (Wildman–Crippen LogP) is 1.81. The molecule has 2 N–H and O–H groups in total. The molecular weight excluding hydrogens is 224 g/mol. The third-order valence-electron chi connectivity index (χ3n) is 3.78. The minimum Gasteiger partial charge on any atom is -0.345 e. The third-order valence-corrected chi connectivity index (χ3v) is 3.78. The Morgan fingerprint density at radius 3 is 2.67 bits per heavy atom. The van der Waals surface area contributed by atoms with Crippen LogP contribution in [0.2, 0.25) is 0 Å². The molecule has 3 heteroatoms. The number of rotatable bonds is 4. The van der Waals surface area contributed by atoms with Crippen molar-refractivity contribution in [3.63, 3.8) is 0 Å². The zero-order valence-electron chi connectivity index (χ0n) is 11.0. The lowest BCUT2D eigenvalue weighted by atomic mass is 10.1. The number of hydrogen-bond donors (Lipinski definition) is 1. The first-order valence-corrected chi connectivity index (χ1v) is 6.71. The molecule has 0 heterocycles. The van der Waals surface area contributed by atoms with E-state index in [1.54, 1.807) is 0 Å². The van der Waals surface area contributed by atoms with E-state index in [1.807, 2.05) is 30.1 Å². The Hall–Kier alpha value is -1.35. The second-order valence-corrected chi connectivity index (χ2v) is 5.27. The summed E-state index contributed by atoms with van der Waals surface area (Å²) in [6, 6.07) is 10.5. The van der Waals surface area contributed by atoms with Gasteiger partial charge in [0.25, 0.3) is 0 Å². The average molecular weight is 246 g/mol. The summed E-state index contributed by atoms with van der Waals surface area (Å²) >= 11 is 0. The largest absolute Gasteiger partial charge is 0.345 e. The molecule has 0 unspecified atom stereocenters. The Labute approximate surface area is 109 Å². The van der Waals surface area contributed by atoms with Crippen molar-refractivity contribution >= 4 is 5.91 Å². The molecule has 1 fully saturated rings. The number of likely N-dealkylation sites (N-methyl/N-ethyl adjacent to an activating group) is 1. The number of amides is 1. The summed E-state index contributed by atoms with van der Waals surface area (Å²) in [6.45, 7) is 0.786. The fourth-order valence-corrected chi connectivity index (χ4v) is 2.60. The van der Waals surface area contributed by atoms with Gasteiger partial charge in [0, 0.05) is 25.6 Å². The quantitative estimate of drug-likeness (QED) is 0.880. The lowest BCUT2D eigenvalue weighted by Gasteiger charge is -2.21. The van der Waals surface area contributed by atoms with Gasteiger partial charge in [0.2, 0.25) is 5.91 Å². The van der Waals surface area contributed by atoms with Gasteiger partial charge in [0.1, 0.15) is 0 Å². The Morgan fingerprint density at radius 2 is 2.06 bits per heavy atom. The molecule has 1 aromatic rings. The zero-order valence-corrected chi connectivity index (χ0v) is 11.0. The molecule has 0 spiro atoms. The van der Waals surface area contributed by atoms with Gasteiger partial charge in [-0.25, -0.2) is 0 Å². The lowest BCUT2D eigenvalue weighted by molar-refractivity contribution is -0.134.